The molecule has 0 bridgehead atoms. The van der Waals surface area contributed by atoms with Crippen LogP contribution in [0.4, 0.5) is 0 Å². The Bertz CT molecular complexity index is 322. The van der Waals surface area contributed by atoms with Gasteiger partial charge in [0.15, 0.2) is 0 Å². The van der Waals surface area contributed by atoms with Gasteiger partial charge in [0.25, 0.3) is 0 Å². The largest absolute Gasteiger partial charge is 0.492 e. The maximum atomic E-state index is 5.75. The summed E-state index contributed by atoms with van der Waals surface area (Å²) in [6.07, 6.45) is 1.11. The lowest BCUT2D eigenvalue weighted by Crippen LogP contribution is -2.22. The van der Waals surface area contributed by atoms with Crippen LogP contribution in [0.15, 0.2) is 18.2 Å². The van der Waals surface area contributed by atoms with Crippen molar-refractivity contribution < 1.29 is 4.74 Å². The lowest BCUT2D eigenvalue weighted by atomic mass is 10.0. The van der Waals surface area contributed by atoms with Gasteiger partial charge in [-0.15, -0.1) is 0 Å². The van der Waals surface area contributed by atoms with Gasteiger partial charge in [0.2, 0.25) is 0 Å². The van der Waals surface area contributed by atoms with Gasteiger partial charge in [-0.25, -0.2) is 0 Å². The Balaban J connectivity index is 2.44. The molecule has 0 saturated heterocycles. The summed E-state index contributed by atoms with van der Waals surface area (Å²) < 4.78 is 5.75. The molecule has 1 aliphatic heterocycles. The van der Waals surface area contributed by atoms with Gasteiger partial charge < -0.3 is 10.1 Å². The molecule has 0 spiro atoms. The molecule has 0 aromatic heterocycles. The molecule has 2 nitrogen and oxygen atoms in total. The molecular formula is C12H17NO. The molecule has 1 N–H and O–H groups in total. The van der Waals surface area contributed by atoms with Gasteiger partial charge >= 0.3 is 0 Å². The highest BCUT2D eigenvalue weighted by molar-refractivity contribution is 5.43. The van der Waals surface area contributed by atoms with E-state index >= 15 is 0 Å². The second kappa shape index (κ2) is 4.01. The molecule has 0 saturated carbocycles. The predicted octanol–water partition coefficient (Wildman–Crippen LogP) is 2.43. The predicted molar refractivity (Wildman–Crippen MR) is 57.7 cm³/mol. The monoisotopic (exact) mass is 191 g/mol. The van der Waals surface area contributed by atoms with Crippen LogP contribution in [0.3, 0.4) is 0 Å². The molecule has 2 rings (SSSR count). The smallest absolute Gasteiger partial charge is 0.127 e. The molecule has 0 radical (unpaired) electrons. The lowest BCUT2D eigenvalue weighted by molar-refractivity contribution is 0.322. The van der Waals surface area contributed by atoms with Crippen LogP contribution in [0.25, 0.3) is 0 Å². The summed E-state index contributed by atoms with van der Waals surface area (Å²) in [4.78, 5) is 0. The standard InChI is InChI=1S/C12H17NO/c1-3-11-10-6-4-5-9(2)12(10)14-8-7-13-11/h4-6,11,13H,3,7-8H2,1-2H3. The maximum Gasteiger partial charge on any atom is 0.127 e. The first-order valence-corrected chi connectivity index (χ1v) is 5.28. The molecule has 1 aliphatic rings. The Hall–Kier alpha value is -1.02. The molecular weight excluding hydrogens is 174 g/mol. The topological polar surface area (TPSA) is 21.3 Å². The Morgan fingerprint density at radius 3 is 3.14 bits per heavy atom. The van der Waals surface area contributed by atoms with E-state index < -0.39 is 0 Å². The van der Waals surface area contributed by atoms with Crippen molar-refractivity contribution in [2.45, 2.75) is 26.3 Å². The molecule has 0 aliphatic carbocycles. The summed E-state index contributed by atoms with van der Waals surface area (Å²) in [5.74, 6) is 1.09. The number of nitrogens with one attached hydrogen (secondary N) is 1. The van der Waals surface area contributed by atoms with Crippen LogP contribution < -0.4 is 10.1 Å². The Kier molecular flexibility index (Phi) is 2.73. The number of rotatable bonds is 1. The van der Waals surface area contributed by atoms with E-state index in [9.17, 15) is 0 Å². The van der Waals surface area contributed by atoms with E-state index in [2.05, 4.69) is 37.4 Å². The summed E-state index contributed by atoms with van der Waals surface area (Å²) in [6, 6.07) is 6.83. The minimum atomic E-state index is 0.451. The average Bonchev–Trinajstić information content (AvgIpc) is 2.40. The molecule has 1 heterocycles. The van der Waals surface area contributed by atoms with E-state index in [1.165, 1.54) is 11.1 Å². The number of ether oxygens (including phenoxy) is 1. The van der Waals surface area contributed by atoms with Crippen LogP contribution in [0, 0.1) is 6.92 Å². The number of aryl methyl sites for hydroxylation is 1. The third-order valence-electron chi connectivity index (χ3n) is 2.77. The van der Waals surface area contributed by atoms with Crippen molar-refractivity contribution >= 4 is 0 Å². The van der Waals surface area contributed by atoms with Crippen LogP contribution in [-0.4, -0.2) is 13.2 Å². The summed E-state index contributed by atoms with van der Waals surface area (Å²) in [7, 11) is 0. The number of benzene rings is 1. The van der Waals surface area contributed by atoms with Crippen molar-refractivity contribution in [2.75, 3.05) is 13.2 Å². The minimum Gasteiger partial charge on any atom is -0.492 e. The van der Waals surface area contributed by atoms with Gasteiger partial charge in [-0.3, -0.25) is 0 Å². The fourth-order valence-corrected chi connectivity index (χ4v) is 2.01. The molecule has 0 amide bonds. The van der Waals surface area contributed by atoms with Crippen molar-refractivity contribution in [3.63, 3.8) is 0 Å². The molecule has 1 unspecified atom stereocenters. The van der Waals surface area contributed by atoms with Gasteiger partial charge in [-0.05, 0) is 18.9 Å². The zero-order valence-electron chi connectivity index (χ0n) is 8.84. The van der Waals surface area contributed by atoms with Gasteiger partial charge in [-0.2, -0.15) is 0 Å². The first-order valence-electron chi connectivity index (χ1n) is 5.28. The highest BCUT2D eigenvalue weighted by Crippen LogP contribution is 2.31. The Morgan fingerprint density at radius 1 is 1.50 bits per heavy atom. The first kappa shape index (κ1) is 9.53. The van der Waals surface area contributed by atoms with E-state index in [-0.39, 0.29) is 0 Å². The molecule has 1 atom stereocenters. The highest BCUT2D eigenvalue weighted by Gasteiger charge is 2.18. The van der Waals surface area contributed by atoms with Crippen molar-refractivity contribution in [3.05, 3.63) is 29.3 Å². The van der Waals surface area contributed by atoms with Crippen molar-refractivity contribution in [2.24, 2.45) is 0 Å². The van der Waals surface area contributed by atoms with E-state index in [0.29, 0.717) is 6.04 Å². The van der Waals surface area contributed by atoms with E-state index in [1.54, 1.807) is 0 Å². The number of para-hydroxylation sites is 1. The quantitative estimate of drug-likeness (QED) is 0.736. The van der Waals surface area contributed by atoms with Gasteiger partial charge in [0.1, 0.15) is 12.4 Å². The third-order valence-corrected chi connectivity index (χ3v) is 2.77. The van der Waals surface area contributed by atoms with Crippen LogP contribution in [-0.2, 0) is 0 Å². The Morgan fingerprint density at radius 2 is 2.36 bits per heavy atom. The molecule has 1 aromatic rings. The average molecular weight is 191 g/mol. The second-order valence-corrected chi connectivity index (χ2v) is 3.76. The maximum absolute atomic E-state index is 5.75. The second-order valence-electron chi connectivity index (χ2n) is 3.76. The third kappa shape index (κ3) is 1.62. The molecule has 0 fully saturated rings. The van der Waals surface area contributed by atoms with Crippen LogP contribution in [0.2, 0.25) is 0 Å². The van der Waals surface area contributed by atoms with Crippen LogP contribution >= 0.6 is 0 Å². The van der Waals surface area contributed by atoms with Gasteiger partial charge in [0, 0.05) is 18.2 Å². The van der Waals surface area contributed by atoms with E-state index in [4.69, 9.17) is 4.74 Å². The lowest BCUT2D eigenvalue weighted by Gasteiger charge is -2.16. The van der Waals surface area contributed by atoms with Crippen molar-refractivity contribution in [3.8, 4) is 5.75 Å². The van der Waals surface area contributed by atoms with Gasteiger partial charge in [0.05, 0.1) is 0 Å². The summed E-state index contributed by atoms with van der Waals surface area (Å²) in [6.45, 7) is 6.02. The van der Waals surface area contributed by atoms with E-state index in [1.807, 2.05) is 0 Å². The minimum absolute atomic E-state index is 0.451. The molecule has 76 valence electrons. The van der Waals surface area contributed by atoms with Crippen molar-refractivity contribution in [1.29, 1.82) is 0 Å². The van der Waals surface area contributed by atoms with Crippen molar-refractivity contribution in [1.82, 2.24) is 5.32 Å². The van der Waals surface area contributed by atoms with Crippen LogP contribution in [0.1, 0.15) is 30.5 Å². The highest BCUT2D eigenvalue weighted by atomic mass is 16.5. The molecule has 14 heavy (non-hydrogen) atoms. The Labute approximate surface area is 85.3 Å². The number of hydrogen-bond donors (Lipinski definition) is 1. The normalized spacial score (nSPS) is 20.9. The molecule has 1 aromatic carbocycles. The van der Waals surface area contributed by atoms with E-state index in [0.717, 1.165) is 25.3 Å². The fraction of sp³-hybridized carbons (Fsp3) is 0.500. The number of fused-ring (bicyclic) bond motifs is 1. The summed E-state index contributed by atoms with van der Waals surface area (Å²) in [5, 5.41) is 3.49. The number of hydrogen-bond acceptors (Lipinski definition) is 2. The summed E-state index contributed by atoms with van der Waals surface area (Å²) >= 11 is 0. The van der Waals surface area contributed by atoms with Crippen LogP contribution in [0.5, 0.6) is 5.75 Å². The zero-order valence-corrected chi connectivity index (χ0v) is 8.84. The molecule has 2 heteroatoms. The fourth-order valence-electron chi connectivity index (χ4n) is 2.01. The first-order chi connectivity index (χ1) is 6.83. The SMILES string of the molecule is CCC1NCCOc2c(C)cccc21. The zero-order chi connectivity index (χ0) is 9.97. The summed E-state index contributed by atoms with van der Waals surface area (Å²) in [5.41, 5.74) is 2.55. The van der Waals surface area contributed by atoms with Gasteiger partial charge in [-0.1, -0.05) is 25.1 Å².